The molecular weight excluding hydrogens is 256 g/mol. The second kappa shape index (κ2) is 4.80. The second-order valence-electron chi connectivity index (χ2n) is 3.29. The number of carbonyl (C=O) groups is 1. The first-order chi connectivity index (χ1) is 8.59. The molecule has 3 N–H and O–H groups in total. The van der Waals surface area contributed by atoms with Gasteiger partial charge < -0.3 is 5.73 Å². The van der Waals surface area contributed by atoms with Gasteiger partial charge in [0, 0.05) is 17.6 Å². The Morgan fingerprint density at radius 3 is 2.89 bits per heavy atom. The summed E-state index contributed by atoms with van der Waals surface area (Å²) in [6.45, 7) is 0. The van der Waals surface area contributed by atoms with Crippen LogP contribution in [0.15, 0.2) is 29.8 Å². The van der Waals surface area contributed by atoms with Crippen molar-refractivity contribution in [3.63, 3.8) is 0 Å². The fourth-order valence-electron chi connectivity index (χ4n) is 1.36. The SMILES string of the molecule is Nc1c(C(=O)Nc2nccs2)cccc1[N+](=O)[O-]. The van der Waals surface area contributed by atoms with Crippen molar-refractivity contribution < 1.29 is 9.72 Å². The van der Waals surface area contributed by atoms with E-state index in [-0.39, 0.29) is 16.9 Å². The van der Waals surface area contributed by atoms with E-state index >= 15 is 0 Å². The van der Waals surface area contributed by atoms with Crippen molar-refractivity contribution >= 4 is 33.8 Å². The molecule has 0 saturated heterocycles. The summed E-state index contributed by atoms with van der Waals surface area (Å²) in [5, 5.41) is 15.3. The van der Waals surface area contributed by atoms with Crippen LogP contribution in [0.2, 0.25) is 0 Å². The Kier molecular flexibility index (Phi) is 3.20. The van der Waals surface area contributed by atoms with E-state index in [9.17, 15) is 14.9 Å². The average Bonchev–Trinajstić information content (AvgIpc) is 2.81. The lowest BCUT2D eigenvalue weighted by molar-refractivity contribution is -0.383. The number of nitrogens with zero attached hydrogens (tertiary/aromatic N) is 2. The van der Waals surface area contributed by atoms with E-state index in [0.29, 0.717) is 5.13 Å². The first-order valence-electron chi connectivity index (χ1n) is 4.83. The summed E-state index contributed by atoms with van der Waals surface area (Å²) in [6.07, 6.45) is 1.54. The Morgan fingerprint density at radius 2 is 2.28 bits per heavy atom. The zero-order valence-corrected chi connectivity index (χ0v) is 9.81. The van der Waals surface area contributed by atoms with Crippen LogP contribution in [-0.2, 0) is 0 Å². The minimum Gasteiger partial charge on any atom is -0.393 e. The number of rotatable bonds is 3. The third-order valence-corrected chi connectivity index (χ3v) is 2.87. The lowest BCUT2D eigenvalue weighted by Crippen LogP contribution is -2.14. The van der Waals surface area contributed by atoms with Gasteiger partial charge >= 0.3 is 0 Å². The van der Waals surface area contributed by atoms with Crippen LogP contribution in [0, 0.1) is 10.1 Å². The minimum absolute atomic E-state index is 0.0550. The summed E-state index contributed by atoms with van der Waals surface area (Å²) < 4.78 is 0. The number of amides is 1. The van der Waals surface area contributed by atoms with Gasteiger partial charge in [-0.3, -0.25) is 20.2 Å². The van der Waals surface area contributed by atoms with E-state index in [1.54, 1.807) is 5.38 Å². The highest BCUT2D eigenvalue weighted by Gasteiger charge is 2.19. The molecule has 0 fully saturated rings. The van der Waals surface area contributed by atoms with Crippen molar-refractivity contribution in [2.75, 3.05) is 11.1 Å². The molecule has 92 valence electrons. The fourth-order valence-corrected chi connectivity index (χ4v) is 1.88. The molecule has 0 aliphatic heterocycles. The summed E-state index contributed by atoms with van der Waals surface area (Å²) in [7, 11) is 0. The Bertz CT molecular complexity index is 597. The molecular formula is C10H8N4O3S. The number of benzene rings is 1. The molecule has 0 saturated carbocycles. The first-order valence-corrected chi connectivity index (χ1v) is 5.71. The number of anilines is 2. The van der Waals surface area contributed by atoms with Gasteiger partial charge in [-0.05, 0) is 6.07 Å². The van der Waals surface area contributed by atoms with E-state index in [4.69, 9.17) is 5.73 Å². The molecule has 18 heavy (non-hydrogen) atoms. The number of aromatic nitrogens is 1. The highest BCUT2D eigenvalue weighted by molar-refractivity contribution is 7.13. The maximum atomic E-state index is 11.9. The number of thiazole rings is 1. The predicted molar refractivity (Wildman–Crippen MR) is 67.6 cm³/mol. The maximum Gasteiger partial charge on any atom is 0.292 e. The summed E-state index contributed by atoms with van der Waals surface area (Å²) in [5.41, 5.74) is 5.20. The van der Waals surface area contributed by atoms with Gasteiger partial charge in [0.2, 0.25) is 0 Å². The number of carbonyl (C=O) groups excluding carboxylic acids is 1. The Hall–Kier alpha value is -2.48. The van der Waals surface area contributed by atoms with Crippen molar-refractivity contribution in [2.24, 2.45) is 0 Å². The third-order valence-electron chi connectivity index (χ3n) is 2.18. The Morgan fingerprint density at radius 1 is 1.50 bits per heavy atom. The Labute approximate surface area is 105 Å². The van der Waals surface area contributed by atoms with Crippen LogP contribution in [0.5, 0.6) is 0 Å². The molecule has 8 heteroatoms. The molecule has 1 heterocycles. The molecule has 0 spiro atoms. The predicted octanol–water partition coefficient (Wildman–Crippen LogP) is 1.89. The zero-order valence-electron chi connectivity index (χ0n) is 8.99. The van der Waals surface area contributed by atoms with Crippen LogP contribution in [0.3, 0.4) is 0 Å². The molecule has 1 aromatic heterocycles. The number of nitro benzene ring substituents is 1. The fraction of sp³-hybridized carbons (Fsp3) is 0. The van der Waals surface area contributed by atoms with Crippen LogP contribution in [0.4, 0.5) is 16.5 Å². The summed E-state index contributed by atoms with van der Waals surface area (Å²) in [5.74, 6) is -0.522. The number of hydrogen-bond acceptors (Lipinski definition) is 6. The monoisotopic (exact) mass is 264 g/mol. The Balaban J connectivity index is 2.31. The lowest BCUT2D eigenvalue weighted by Gasteiger charge is -2.05. The molecule has 0 bridgehead atoms. The number of nitrogen functional groups attached to an aromatic ring is 1. The van der Waals surface area contributed by atoms with Crippen LogP contribution < -0.4 is 11.1 Å². The minimum atomic E-state index is -0.629. The van der Waals surface area contributed by atoms with Gasteiger partial charge in [0.1, 0.15) is 5.69 Å². The molecule has 0 aliphatic carbocycles. The van der Waals surface area contributed by atoms with E-state index in [1.165, 1.54) is 35.7 Å². The van der Waals surface area contributed by atoms with Crippen molar-refractivity contribution in [3.8, 4) is 0 Å². The summed E-state index contributed by atoms with van der Waals surface area (Å²) in [6, 6.07) is 4.08. The summed E-state index contributed by atoms with van der Waals surface area (Å²) in [4.78, 5) is 25.8. The second-order valence-corrected chi connectivity index (χ2v) is 4.18. The largest absolute Gasteiger partial charge is 0.393 e. The smallest absolute Gasteiger partial charge is 0.292 e. The van der Waals surface area contributed by atoms with Crippen molar-refractivity contribution in [2.45, 2.75) is 0 Å². The molecule has 7 nitrogen and oxygen atoms in total. The van der Waals surface area contributed by atoms with Gasteiger partial charge in [-0.2, -0.15) is 0 Å². The van der Waals surface area contributed by atoms with Crippen LogP contribution in [-0.4, -0.2) is 15.8 Å². The van der Waals surface area contributed by atoms with Gasteiger partial charge in [-0.15, -0.1) is 11.3 Å². The van der Waals surface area contributed by atoms with Gasteiger partial charge in [0.15, 0.2) is 5.13 Å². The molecule has 0 atom stereocenters. The molecule has 0 unspecified atom stereocenters. The molecule has 1 amide bonds. The number of nitrogens with one attached hydrogen (secondary N) is 1. The number of nitrogens with two attached hydrogens (primary N) is 1. The normalized spacial score (nSPS) is 10.0. The highest BCUT2D eigenvalue weighted by Crippen LogP contribution is 2.25. The summed E-state index contributed by atoms with van der Waals surface area (Å²) >= 11 is 1.24. The average molecular weight is 264 g/mol. The van der Waals surface area contributed by atoms with E-state index in [2.05, 4.69) is 10.3 Å². The van der Waals surface area contributed by atoms with Crippen LogP contribution in [0.1, 0.15) is 10.4 Å². The standard InChI is InChI=1S/C10H8N4O3S/c11-8-6(2-1-3-7(8)14(16)17)9(15)13-10-12-4-5-18-10/h1-5H,11H2,(H,12,13,15). The molecule has 1 aromatic carbocycles. The highest BCUT2D eigenvalue weighted by atomic mass is 32.1. The van der Waals surface area contributed by atoms with Crippen LogP contribution in [0.25, 0.3) is 0 Å². The third kappa shape index (κ3) is 2.28. The van der Waals surface area contributed by atoms with Crippen molar-refractivity contribution in [3.05, 3.63) is 45.5 Å². The first kappa shape index (κ1) is 12.0. The maximum absolute atomic E-state index is 11.9. The van der Waals surface area contributed by atoms with Gasteiger partial charge in [0.25, 0.3) is 11.6 Å². The number of para-hydroxylation sites is 1. The van der Waals surface area contributed by atoms with E-state index < -0.39 is 10.8 Å². The molecule has 0 radical (unpaired) electrons. The number of hydrogen-bond donors (Lipinski definition) is 2. The molecule has 2 aromatic rings. The van der Waals surface area contributed by atoms with Gasteiger partial charge in [-0.25, -0.2) is 4.98 Å². The topological polar surface area (TPSA) is 111 Å². The van der Waals surface area contributed by atoms with Gasteiger partial charge in [0.05, 0.1) is 10.5 Å². The molecule has 2 rings (SSSR count). The van der Waals surface area contributed by atoms with Gasteiger partial charge in [-0.1, -0.05) is 6.07 Å². The van der Waals surface area contributed by atoms with Crippen molar-refractivity contribution in [1.29, 1.82) is 0 Å². The zero-order chi connectivity index (χ0) is 13.1. The van der Waals surface area contributed by atoms with Crippen LogP contribution >= 0.6 is 11.3 Å². The van der Waals surface area contributed by atoms with Crippen molar-refractivity contribution in [1.82, 2.24) is 4.98 Å². The molecule has 0 aliphatic rings. The lowest BCUT2D eigenvalue weighted by atomic mass is 10.1. The quantitative estimate of drug-likeness (QED) is 0.499. The number of nitro groups is 1. The van der Waals surface area contributed by atoms with E-state index in [1.807, 2.05) is 0 Å². The van der Waals surface area contributed by atoms with E-state index in [0.717, 1.165) is 0 Å².